The van der Waals surface area contributed by atoms with E-state index in [0.29, 0.717) is 30.8 Å². The smallest absolute Gasteiger partial charge is 0.411 e. The Labute approximate surface area is 288 Å². The van der Waals surface area contributed by atoms with Crippen LogP contribution in [0.3, 0.4) is 0 Å². The highest BCUT2D eigenvalue weighted by Gasteiger charge is 2.32. The number of anilines is 1. The van der Waals surface area contributed by atoms with E-state index in [2.05, 4.69) is 22.5 Å². The van der Waals surface area contributed by atoms with Crippen LogP contribution in [0.15, 0.2) is 42.5 Å². The zero-order valence-corrected chi connectivity index (χ0v) is 29.0. The molecule has 1 fully saturated rings. The molecule has 49 heavy (non-hydrogen) atoms. The van der Waals surface area contributed by atoms with Crippen LogP contribution in [-0.2, 0) is 23.8 Å². The van der Waals surface area contributed by atoms with E-state index in [1.807, 2.05) is 18.2 Å². The van der Waals surface area contributed by atoms with Crippen LogP contribution in [0.4, 0.5) is 15.3 Å². The van der Waals surface area contributed by atoms with Crippen LogP contribution in [0.5, 0.6) is 0 Å². The quantitative estimate of drug-likeness (QED) is 0.139. The molecular weight excluding hydrogens is 632 g/mol. The van der Waals surface area contributed by atoms with Crippen molar-refractivity contribution >= 4 is 35.7 Å². The molecule has 1 saturated heterocycles. The van der Waals surface area contributed by atoms with Crippen LogP contribution in [0.2, 0.25) is 0 Å². The number of amides is 4. The molecule has 1 aromatic heterocycles. The lowest BCUT2D eigenvalue weighted by Gasteiger charge is -2.36. The Morgan fingerprint density at radius 3 is 2.24 bits per heavy atom. The molecule has 1 aliphatic rings. The summed E-state index contributed by atoms with van der Waals surface area (Å²) < 4.78 is 16.0. The van der Waals surface area contributed by atoms with Crippen molar-refractivity contribution in [2.45, 2.75) is 77.9 Å². The van der Waals surface area contributed by atoms with Crippen molar-refractivity contribution in [3.05, 3.63) is 48.2 Å². The lowest BCUT2D eigenvalue weighted by molar-refractivity contribution is -0.155. The lowest BCUT2D eigenvalue weighted by atomic mass is 10.1. The minimum Gasteiger partial charge on any atom is -0.460 e. The van der Waals surface area contributed by atoms with Gasteiger partial charge < -0.3 is 35.1 Å². The molecule has 268 valence electrons. The first-order valence-electron chi connectivity index (χ1n) is 16.8. The maximum atomic E-state index is 13.8. The van der Waals surface area contributed by atoms with E-state index < -0.39 is 41.6 Å². The number of nitrogens with one attached hydrogen (secondary N) is 2. The highest BCUT2D eigenvalue weighted by atomic mass is 16.6. The number of aromatic nitrogens is 1. The third kappa shape index (κ3) is 13.4. The van der Waals surface area contributed by atoms with Gasteiger partial charge in [-0.1, -0.05) is 50.1 Å². The number of nitrogens with zero attached hydrogens (tertiary/aromatic N) is 3. The molecule has 0 saturated carbocycles. The van der Waals surface area contributed by atoms with Gasteiger partial charge in [-0.2, -0.15) is 0 Å². The maximum absolute atomic E-state index is 13.8. The van der Waals surface area contributed by atoms with Gasteiger partial charge in [0.25, 0.3) is 5.91 Å². The first-order chi connectivity index (χ1) is 23.4. The van der Waals surface area contributed by atoms with Gasteiger partial charge in [0.2, 0.25) is 5.91 Å². The van der Waals surface area contributed by atoms with E-state index in [-0.39, 0.29) is 57.0 Å². The van der Waals surface area contributed by atoms with Gasteiger partial charge in [0, 0.05) is 43.9 Å². The number of esters is 1. The Hall–Kier alpha value is -4.72. The van der Waals surface area contributed by atoms with Crippen LogP contribution in [0, 0.1) is 0 Å². The van der Waals surface area contributed by atoms with Crippen LogP contribution >= 0.6 is 0 Å². The summed E-state index contributed by atoms with van der Waals surface area (Å²) in [6.45, 7) is 9.12. The molecule has 14 heteroatoms. The summed E-state index contributed by atoms with van der Waals surface area (Å²) in [5, 5.41) is 5.39. The normalized spacial score (nSPS) is 13.7. The highest BCUT2D eigenvalue weighted by Crippen LogP contribution is 2.23. The standard InChI is InChI=1S/C35H50N6O8/c1-5-6-10-21-48-34(46)41-19-17-40(18-20-41)32(44)27(14-15-30(42)49-35(2,3)4)39-31(43)29-24-26(37-33(45)47-22-11-16-36)23-28(38-29)25-12-8-7-9-13-25/h7-9,12-13,23-24,27H,5-6,10-11,14-22,36H2,1-4H3,(H,39,43)(H,37,38,45)/t27-/m0/s1. The molecule has 1 aliphatic heterocycles. The van der Waals surface area contributed by atoms with Gasteiger partial charge in [0.1, 0.15) is 17.3 Å². The number of hydrogen-bond acceptors (Lipinski definition) is 10. The second kappa shape index (κ2) is 19.3. The second-order valence-electron chi connectivity index (χ2n) is 12.7. The number of carbonyl (C=O) groups excluding carboxylic acids is 5. The van der Waals surface area contributed by atoms with Crippen molar-refractivity contribution in [3.63, 3.8) is 0 Å². The van der Waals surface area contributed by atoms with E-state index in [0.717, 1.165) is 19.3 Å². The molecule has 3 rings (SSSR count). The minimum absolute atomic E-state index is 0.0316. The van der Waals surface area contributed by atoms with Gasteiger partial charge in [-0.3, -0.25) is 19.7 Å². The number of rotatable bonds is 15. The number of pyridine rings is 1. The summed E-state index contributed by atoms with van der Waals surface area (Å²) in [5.74, 6) is -1.61. The number of benzene rings is 1. The number of unbranched alkanes of at least 4 members (excludes halogenated alkanes) is 2. The van der Waals surface area contributed by atoms with E-state index in [4.69, 9.17) is 19.9 Å². The first-order valence-corrected chi connectivity index (χ1v) is 16.8. The Balaban J connectivity index is 1.79. The van der Waals surface area contributed by atoms with Crippen LogP contribution in [0.1, 0.15) is 76.7 Å². The molecule has 4 N–H and O–H groups in total. The summed E-state index contributed by atoms with van der Waals surface area (Å²) in [6, 6.07) is 11.0. The Morgan fingerprint density at radius 1 is 0.918 bits per heavy atom. The predicted octanol–water partition coefficient (Wildman–Crippen LogP) is 4.34. The van der Waals surface area contributed by atoms with Crippen molar-refractivity contribution in [2.24, 2.45) is 5.73 Å². The van der Waals surface area contributed by atoms with Crippen LogP contribution < -0.4 is 16.4 Å². The molecule has 0 spiro atoms. The predicted molar refractivity (Wildman–Crippen MR) is 184 cm³/mol. The van der Waals surface area contributed by atoms with Gasteiger partial charge >= 0.3 is 18.2 Å². The third-order valence-corrected chi connectivity index (χ3v) is 7.44. The summed E-state index contributed by atoms with van der Waals surface area (Å²) in [5.41, 5.74) is 6.04. The maximum Gasteiger partial charge on any atom is 0.411 e. The fraction of sp³-hybridized carbons (Fsp3) is 0.543. The lowest BCUT2D eigenvalue weighted by Crippen LogP contribution is -2.56. The fourth-order valence-electron chi connectivity index (χ4n) is 4.95. The van der Waals surface area contributed by atoms with Crippen molar-refractivity contribution in [2.75, 3.05) is 51.3 Å². The van der Waals surface area contributed by atoms with E-state index in [1.54, 1.807) is 48.8 Å². The monoisotopic (exact) mass is 682 g/mol. The molecule has 2 heterocycles. The summed E-state index contributed by atoms with van der Waals surface area (Å²) in [6.07, 6.45) is 1.96. The molecule has 0 unspecified atom stereocenters. The van der Waals surface area contributed by atoms with Crippen LogP contribution in [-0.4, -0.2) is 102 Å². The Kier molecular flexibility index (Phi) is 15.3. The molecule has 2 aromatic rings. The number of ether oxygens (including phenoxy) is 3. The number of nitrogens with two attached hydrogens (primary N) is 1. The van der Waals surface area contributed by atoms with Crippen molar-refractivity contribution in [1.29, 1.82) is 0 Å². The molecule has 1 aromatic carbocycles. The average molecular weight is 683 g/mol. The Morgan fingerprint density at radius 2 is 1.59 bits per heavy atom. The van der Waals surface area contributed by atoms with Gasteiger partial charge in [-0.15, -0.1) is 0 Å². The van der Waals surface area contributed by atoms with Crippen molar-refractivity contribution in [1.82, 2.24) is 20.1 Å². The first kappa shape index (κ1) is 38.7. The number of carbonyl (C=O) groups is 5. The van der Waals surface area contributed by atoms with Gasteiger partial charge in [0.05, 0.1) is 18.9 Å². The average Bonchev–Trinajstić information content (AvgIpc) is 3.07. The van der Waals surface area contributed by atoms with Crippen molar-refractivity contribution in [3.8, 4) is 11.3 Å². The zero-order chi connectivity index (χ0) is 35.8. The molecule has 4 amide bonds. The van der Waals surface area contributed by atoms with E-state index >= 15 is 0 Å². The second-order valence-corrected chi connectivity index (χ2v) is 12.7. The largest absolute Gasteiger partial charge is 0.460 e. The number of piperazine rings is 1. The summed E-state index contributed by atoms with van der Waals surface area (Å²) >= 11 is 0. The zero-order valence-electron chi connectivity index (χ0n) is 29.0. The fourth-order valence-corrected chi connectivity index (χ4v) is 4.95. The third-order valence-electron chi connectivity index (χ3n) is 7.44. The Bertz CT molecular complexity index is 1410. The van der Waals surface area contributed by atoms with Gasteiger partial charge in [-0.25, -0.2) is 14.6 Å². The number of hydrogen-bond donors (Lipinski definition) is 3. The van der Waals surface area contributed by atoms with E-state index in [9.17, 15) is 24.0 Å². The highest BCUT2D eigenvalue weighted by molar-refractivity contribution is 5.98. The van der Waals surface area contributed by atoms with Crippen LogP contribution in [0.25, 0.3) is 11.3 Å². The SMILES string of the molecule is CCCCCOC(=O)N1CCN(C(=O)[C@H](CCC(=O)OC(C)(C)C)NC(=O)c2cc(NC(=O)OCCCN)cc(-c3ccccc3)n2)CC1. The van der Waals surface area contributed by atoms with E-state index in [1.165, 1.54) is 6.07 Å². The topological polar surface area (TPSA) is 182 Å². The van der Waals surface area contributed by atoms with Gasteiger partial charge in [0.15, 0.2) is 0 Å². The molecular formula is C35H50N6O8. The molecule has 14 nitrogen and oxygen atoms in total. The van der Waals surface area contributed by atoms with Crippen molar-refractivity contribution < 1.29 is 38.2 Å². The molecule has 0 aliphatic carbocycles. The summed E-state index contributed by atoms with van der Waals surface area (Å²) in [7, 11) is 0. The summed E-state index contributed by atoms with van der Waals surface area (Å²) in [4.78, 5) is 72.8. The molecule has 0 radical (unpaired) electrons. The molecule has 0 bridgehead atoms. The van der Waals surface area contributed by atoms with Gasteiger partial charge in [-0.05, 0) is 58.7 Å². The molecule has 1 atom stereocenters. The minimum atomic E-state index is -1.10.